The van der Waals surface area contributed by atoms with Gasteiger partial charge in [0.05, 0.1) is 10.6 Å². The number of nitrogens with one attached hydrogen (secondary N) is 1. The number of halogens is 2. The quantitative estimate of drug-likeness (QED) is 0.161. The number of carbonyl (C=O) groups excluding carboxylic acids is 2. The van der Waals surface area contributed by atoms with E-state index in [0.717, 1.165) is 31.9 Å². The molecule has 0 fully saturated rings. The number of aryl methyl sites for hydroxylation is 2. The molecule has 2 amide bonds. The topological polar surface area (TPSA) is 86.8 Å². The molecule has 0 saturated carbocycles. The van der Waals surface area contributed by atoms with Crippen LogP contribution in [0.4, 0.5) is 5.69 Å². The molecule has 0 radical (unpaired) electrons. The molecule has 4 aromatic carbocycles. The molecular formula is C35H37BrClN3O4S. The van der Waals surface area contributed by atoms with Gasteiger partial charge in [-0.05, 0) is 73.4 Å². The number of rotatable bonds is 13. The van der Waals surface area contributed by atoms with Crippen LogP contribution in [0, 0.1) is 13.8 Å². The van der Waals surface area contributed by atoms with Crippen LogP contribution in [0.5, 0.6) is 0 Å². The van der Waals surface area contributed by atoms with E-state index < -0.39 is 28.5 Å². The Morgan fingerprint density at radius 3 is 2.20 bits per heavy atom. The lowest BCUT2D eigenvalue weighted by molar-refractivity contribution is -0.140. The van der Waals surface area contributed by atoms with Gasteiger partial charge in [-0.3, -0.25) is 13.9 Å². The molecule has 0 saturated heterocycles. The van der Waals surface area contributed by atoms with Crippen molar-refractivity contribution in [2.24, 2.45) is 0 Å². The van der Waals surface area contributed by atoms with Gasteiger partial charge in [-0.2, -0.15) is 0 Å². The van der Waals surface area contributed by atoms with Crippen LogP contribution in [0.1, 0.15) is 35.6 Å². The van der Waals surface area contributed by atoms with Gasteiger partial charge in [-0.15, -0.1) is 0 Å². The van der Waals surface area contributed by atoms with Crippen molar-refractivity contribution in [3.63, 3.8) is 0 Å². The van der Waals surface area contributed by atoms with Crippen LogP contribution in [0.3, 0.4) is 0 Å². The Morgan fingerprint density at radius 2 is 1.56 bits per heavy atom. The molecule has 236 valence electrons. The Hall–Kier alpha value is -3.66. The van der Waals surface area contributed by atoms with Gasteiger partial charge >= 0.3 is 0 Å². The van der Waals surface area contributed by atoms with Gasteiger partial charge in [0.25, 0.3) is 10.0 Å². The molecule has 0 spiro atoms. The summed E-state index contributed by atoms with van der Waals surface area (Å²) in [5.74, 6) is -0.835. The highest BCUT2D eigenvalue weighted by Gasteiger charge is 2.35. The third-order valence-corrected chi connectivity index (χ3v) is 9.95. The third-order valence-electron chi connectivity index (χ3n) is 7.41. The van der Waals surface area contributed by atoms with Gasteiger partial charge in [-0.25, -0.2) is 8.42 Å². The highest BCUT2D eigenvalue weighted by Crippen LogP contribution is 2.30. The highest BCUT2D eigenvalue weighted by atomic mass is 79.9. The molecule has 45 heavy (non-hydrogen) atoms. The number of sulfonamides is 1. The van der Waals surface area contributed by atoms with Crippen molar-refractivity contribution < 1.29 is 18.0 Å². The Labute approximate surface area is 279 Å². The molecule has 0 aliphatic carbocycles. The molecule has 0 heterocycles. The summed E-state index contributed by atoms with van der Waals surface area (Å²) in [6.45, 7) is 5.59. The van der Waals surface area contributed by atoms with Crippen LogP contribution in [0.25, 0.3) is 0 Å². The number of benzene rings is 4. The van der Waals surface area contributed by atoms with E-state index in [9.17, 15) is 18.0 Å². The summed E-state index contributed by atoms with van der Waals surface area (Å²) in [6.07, 6.45) is 0.973. The molecule has 0 aliphatic rings. The second kappa shape index (κ2) is 15.6. The van der Waals surface area contributed by atoms with Crippen LogP contribution in [0.15, 0.2) is 106 Å². The maximum absolute atomic E-state index is 14.5. The zero-order valence-electron chi connectivity index (χ0n) is 25.5. The lowest BCUT2D eigenvalue weighted by atomic mass is 10.0. The monoisotopic (exact) mass is 709 g/mol. The molecule has 0 aliphatic heterocycles. The first-order valence-electron chi connectivity index (χ1n) is 14.7. The van der Waals surface area contributed by atoms with Crippen LogP contribution < -0.4 is 9.62 Å². The normalized spacial score (nSPS) is 11.9. The van der Waals surface area contributed by atoms with E-state index in [2.05, 4.69) is 21.2 Å². The summed E-state index contributed by atoms with van der Waals surface area (Å²) in [6, 6.07) is 27.5. The molecular weight excluding hydrogens is 674 g/mol. The molecule has 10 heteroatoms. The Balaban J connectivity index is 1.82. The fourth-order valence-electron chi connectivity index (χ4n) is 4.91. The highest BCUT2D eigenvalue weighted by molar-refractivity contribution is 9.10. The van der Waals surface area contributed by atoms with Gasteiger partial charge in [0.2, 0.25) is 11.8 Å². The maximum Gasteiger partial charge on any atom is 0.264 e. The van der Waals surface area contributed by atoms with E-state index in [1.807, 2.05) is 68.4 Å². The van der Waals surface area contributed by atoms with Gasteiger partial charge in [-0.1, -0.05) is 101 Å². The average Bonchev–Trinajstić information content (AvgIpc) is 3.03. The number of anilines is 1. The number of amides is 2. The van der Waals surface area contributed by atoms with Crippen LogP contribution in [-0.2, 0) is 32.6 Å². The zero-order valence-corrected chi connectivity index (χ0v) is 28.7. The fraction of sp³-hybridized carbons (Fsp3) is 0.257. The minimum Gasteiger partial charge on any atom is -0.354 e. The predicted molar refractivity (Wildman–Crippen MR) is 184 cm³/mol. The largest absolute Gasteiger partial charge is 0.354 e. The van der Waals surface area contributed by atoms with E-state index in [-0.39, 0.29) is 29.5 Å². The van der Waals surface area contributed by atoms with Crippen molar-refractivity contribution in [1.82, 2.24) is 10.2 Å². The fourth-order valence-corrected chi connectivity index (χ4v) is 6.81. The van der Waals surface area contributed by atoms with Crippen molar-refractivity contribution in [3.05, 3.63) is 129 Å². The van der Waals surface area contributed by atoms with Crippen molar-refractivity contribution in [2.45, 2.75) is 51.1 Å². The van der Waals surface area contributed by atoms with Crippen LogP contribution >= 0.6 is 27.5 Å². The number of hydrogen-bond donors (Lipinski definition) is 1. The molecule has 1 N–H and O–H groups in total. The molecule has 4 rings (SSSR count). The molecule has 7 nitrogen and oxygen atoms in total. The SMILES string of the molecule is CCCNC(=O)[C@H](Cc1ccccc1)N(Cc1ccc(Br)cc1)C(=O)CN(c1cc(Cl)ccc1C)S(=O)(=O)c1ccc(C)cc1. The first-order valence-corrected chi connectivity index (χ1v) is 17.3. The number of carbonyl (C=O) groups is 2. The third kappa shape index (κ3) is 8.96. The zero-order chi connectivity index (χ0) is 32.6. The minimum atomic E-state index is -4.22. The van der Waals surface area contributed by atoms with E-state index >= 15 is 0 Å². The molecule has 0 bridgehead atoms. The van der Waals surface area contributed by atoms with E-state index in [4.69, 9.17) is 11.6 Å². The lowest BCUT2D eigenvalue weighted by Crippen LogP contribution is -2.53. The first kappa shape index (κ1) is 34.2. The standard InChI is InChI=1S/C35H37BrClN3O4S/c1-4-20-38-35(42)33(21-27-8-6-5-7-9-27)39(23-28-13-15-29(36)16-14-28)34(41)24-40(32-22-30(37)17-12-26(32)3)45(43,44)31-18-10-25(2)11-19-31/h5-19,22,33H,4,20-21,23-24H2,1-3H3,(H,38,42)/t33-/m0/s1. The molecule has 0 aromatic heterocycles. The summed E-state index contributed by atoms with van der Waals surface area (Å²) in [5, 5.41) is 3.29. The summed E-state index contributed by atoms with van der Waals surface area (Å²) in [5.41, 5.74) is 3.48. The van der Waals surface area contributed by atoms with E-state index in [0.29, 0.717) is 17.1 Å². The number of nitrogens with zero attached hydrogens (tertiary/aromatic N) is 2. The first-order chi connectivity index (χ1) is 21.5. The van der Waals surface area contributed by atoms with Crippen molar-refractivity contribution in [3.8, 4) is 0 Å². The smallest absolute Gasteiger partial charge is 0.264 e. The van der Waals surface area contributed by atoms with Crippen molar-refractivity contribution in [1.29, 1.82) is 0 Å². The summed E-state index contributed by atoms with van der Waals surface area (Å²) in [7, 11) is -4.22. The molecule has 0 unspecified atom stereocenters. The van der Waals surface area contributed by atoms with Gasteiger partial charge < -0.3 is 10.2 Å². The van der Waals surface area contributed by atoms with Crippen molar-refractivity contribution >= 4 is 55.1 Å². The Bertz CT molecular complexity index is 1720. The minimum absolute atomic E-state index is 0.0428. The van der Waals surface area contributed by atoms with Crippen LogP contribution in [-0.4, -0.2) is 44.3 Å². The summed E-state index contributed by atoms with van der Waals surface area (Å²) >= 11 is 9.81. The maximum atomic E-state index is 14.5. The van der Waals surface area contributed by atoms with Gasteiger partial charge in [0.15, 0.2) is 0 Å². The summed E-state index contributed by atoms with van der Waals surface area (Å²) in [4.78, 5) is 29.8. The second-order valence-electron chi connectivity index (χ2n) is 10.9. The van der Waals surface area contributed by atoms with E-state index in [1.165, 1.54) is 17.0 Å². The Morgan fingerprint density at radius 1 is 0.889 bits per heavy atom. The summed E-state index contributed by atoms with van der Waals surface area (Å²) < 4.78 is 30.4. The van der Waals surface area contributed by atoms with Crippen molar-refractivity contribution in [2.75, 3.05) is 17.4 Å². The van der Waals surface area contributed by atoms with Gasteiger partial charge in [0, 0.05) is 29.0 Å². The van der Waals surface area contributed by atoms with Crippen LogP contribution in [0.2, 0.25) is 5.02 Å². The second-order valence-corrected chi connectivity index (χ2v) is 14.1. The van der Waals surface area contributed by atoms with Gasteiger partial charge in [0.1, 0.15) is 12.6 Å². The lowest BCUT2D eigenvalue weighted by Gasteiger charge is -2.34. The van der Waals surface area contributed by atoms with E-state index in [1.54, 1.807) is 37.3 Å². The Kier molecular flexibility index (Phi) is 11.8. The number of hydrogen-bond acceptors (Lipinski definition) is 4. The molecule has 4 aromatic rings. The molecule has 1 atom stereocenters. The predicted octanol–water partition coefficient (Wildman–Crippen LogP) is 7.08. The average molecular weight is 711 g/mol.